The van der Waals surface area contributed by atoms with Gasteiger partial charge in [-0.2, -0.15) is 5.10 Å². The summed E-state index contributed by atoms with van der Waals surface area (Å²) >= 11 is 0. The standard InChI is InChI=1S/C19H21N5O/c1-12(2)9-15-18-13(3)24(10-14(18)19(25)22(4)21-15)17-11-23-8-6-5-7-16(23)20-17/h5-8,10-12H,9H2,1-4H3. The molecule has 0 spiro atoms. The van der Waals surface area contributed by atoms with Gasteiger partial charge in [-0.1, -0.05) is 19.9 Å². The molecule has 6 nitrogen and oxygen atoms in total. The van der Waals surface area contributed by atoms with Gasteiger partial charge in [0, 0.05) is 30.5 Å². The number of hydrogen-bond acceptors (Lipinski definition) is 3. The predicted molar refractivity (Wildman–Crippen MR) is 98.3 cm³/mol. The van der Waals surface area contributed by atoms with Crippen LogP contribution in [0, 0.1) is 12.8 Å². The van der Waals surface area contributed by atoms with Gasteiger partial charge in [0.1, 0.15) is 5.65 Å². The number of nitrogens with zero attached hydrogens (tertiary/aromatic N) is 5. The third-order valence-corrected chi connectivity index (χ3v) is 4.53. The zero-order valence-electron chi connectivity index (χ0n) is 14.9. The van der Waals surface area contributed by atoms with Crippen LogP contribution in [0.5, 0.6) is 0 Å². The summed E-state index contributed by atoms with van der Waals surface area (Å²) in [6.45, 7) is 6.34. The Morgan fingerprint density at radius 2 is 2.00 bits per heavy atom. The molecule has 128 valence electrons. The topological polar surface area (TPSA) is 57.1 Å². The molecule has 0 atom stereocenters. The van der Waals surface area contributed by atoms with E-state index in [1.54, 1.807) is 7.05 Å². The molecule has 0 saturated carbocycles. The summed E-state index contributed by atoms with van der Waals surface area (Å²) in [6, 6.07) is 5.90. The van der Waals surface area contributed by atoms with Crippen molar-refractivity contribution < 1.29 is 0 Å². The maximum atomic E-state index is 12.6. The van der Waals surface area contributed by atoms with Crippen LogP contribution in [0.2, 0.25) is 0 Å². The zero-order chi connectivity index (χ0) is 17.7. The average Bonchev–Trinajstić information content (AvgIpc) is 3.13. The van der Waals surface area contributed by atoms with Crippen LogP contribution in [0.1, 0.15) is 25.2 Å². The molecule has 0 aromatic carbocycles. The van der Waals surface area contributed by atoms with Crippen molar-refractivity contribution in [2.45, 2.75) is 27.2 Å². The minimum Gasteiger partial charge on any atom is -0.305 e. The Balaban J connectivity index is 2.01. The first-order valence-electron chi connectivity index (χ1n) is 8.47. The Labute approximate surface area is 145 Å². The molecule has 6 heteroatoms. The summed E-state index contributed by atoms with van der Waals surface area (Å²) in [5, 5.41) is 6.17. The maximum absolute atomic E-state index is 12.6. The van der Waals surface area contributed by atoms with Crippen molar-refractivity contribution in [2.24, 2.45) is 13.0 Å². The van der Waals surface area contributed by atoms with E-state index in [2.05, 4.69) is 23.9 Å². The first-order valence-corrected chi connectivity index (χ1v) is 8.47. The number of pyridine rings is 1. The highest BCUT2D eigenvalue weighted by molar-refractivity contribution is 5.87. The second-order valence-corrected chi connectivity index (χ2v) is 6.91. The summed E-state index contributed by atoms with van der Waals surface area (Å²) in [5.41, 5.74) is 2.77. The second kappa shape index (κ2) is 5.58. The van der Waals surface area contributed by atoms with Crippen LogP contribution in [0.4, 0.5) is 0 Å². The molecular formula is C19H21N5O. The lowest BCUT2D eigenvalue weighted by molar-refractivity contribution is 0.605. The zero-order valence-corrected chi connectivity index (χ0v) is 14.9. The molecule has 25 heavy (non-hydrogen) atoms. The molecule has 0 radical (unpaired) electrons. The van der Waals surface area contributed by atoms with Crippen LogP contribution in [0.15, 0.2) is 41.6 Å². The molecule has 0 aliphatic rings. The van der Waals surface area contributed by atoms with Crippen molar-refractivity contribution in [1.82, 2.24) is 23.7 Å². The molecule has 4 heterocycles. The number of aryl methyl sites for hydroxylation is 2. The molecule has 4 rings (SSSR count). The molecule has 0 aliphatic carbocycles. The quantitative estimate of drug-likeness (QED) is 0.578. The molecule has 0 unspecified atom stereocenters. The summed E-state index contributed by atoms with van der Waals surface area (Å²) < 4.78 is 5.41. The molecule has 0 amide bonds. The van der Waals surface area contributed by atoms with E-state index in [-0.39, 0.29) is 5.56 Å². The van der Waals surface area contributed by atoms with Gasteiger partial charge in [-0.05, 0) is 31.4 Å². The summed E-state index contributed by atoms with van der Waals surface area (Å²) in [5.74, 6) is 1.27. The van der Waals surface area contributed by atoms with Crippen LogP contribution in [0.3, 0.4) is 0 Å². The number of aromatic nitrogens is 5. The van der Waals surface area contributed by atoms with E-state index in [1.807, 2.05) is 52.7 Å². The van der Waals surface area contributed by atoms with Crippen molar-refractivity contribution in [2.75, 3.05) is 0 Å². The maximum Gasteiger partial charge on any atom is 0.275 e. The highest BCUT2D eigenvalue weighted by Gasteiger charge is 2.18. The first-order chi connectivity index (χ1) is 12.0. The number of fused-ring (bicyclic) bond motifs is 2. The van der Waals surface area contributed by atoms with E-state index in [0.717, 1.165) is 34.7 Å². The fourth-order valence-corrected chi connectivity index (χ4v) is 3.39. The van der Waals surface area contributed by atoms with Gasteiger partial charge in [-0.15, -0.1) is 0 Å². The predicted octanol–water partition coefficient (Wildman–Crippen LogP) is 2.88. The Kier molecular flexibility index (Phi) is 3.49. The molecule has 0 fully saturated rings. The SMILES string of the molecule is Cc1c2c(CC(C)C)nn(C)c(=O)c2cn1-c1cn2ccccc2n1. The van der Waals surface area contributed by atoms with Gasteiger partial charge in [0.05, 0.1) is 17.3 Å². The lowest BCUT2D eigenvalue weighted by Crippen LogP contribution is -2.21. The number of imidazole rings is 1. The van der Waals surface area contributed by atoms with E-state index in [9.17, 15) is 4.79 Å². The minimum atomic E-state index is -0.0758. The van der Waals surface area contributed by atoms with Gasteiger partial charge < -0.3 is 8.97 Å². The van der Waals surface area contributed by atoms with Crippen molar-refractivity contribution in [3.8, 4) is 5.82 Å². The van der Waals surface area contributed by atoms with E-state index in [1.165, 1.54) is 4.68 Å². The minimum absolute atomic E-state index is 0.0758. The van der Waals surface area contributed by atoms with Crippen molar-refractivity contribution in [1.29, 1.82) is 0 Å². The van der Waals surface area contributed by atoms with Crippen molar-refractivity contribution in [3.63, 3.8) is 0 Å². The normalized spacial score (nSPS) is 11.9. The summed E-state index contributed by atoms with van der Waals surface area (Å²) in [4.78, 5) is 17.3. The fraction of sp³-hybridized carbons (Fsp3) is 0.316. The number of hydrogen-bond donors (Lipinski definition) is 0. The van der Waals surface area contributed by atoms with Crippen molar-refractivity contribution in [3.05, 3.63) is 58.5 Å². The molecular weight excluding hydrogens is 314 g/mol. The van der Waals surface area contributed by atoms with Gasteiger partial charge in [-0.3, -0.25) is 4.79 Å². The van der Waals surface area contributed by atoms with Crippen LogP contribution < -0.4 is 5.56 Å². The third-order valence-electron chi connectivity index (χ3n) is 4.53. The fourth-order valence-electron chi connectivity index (χ4n) is 3.39. The van der Waals surface area contributed by atoms with E-state index >= 15 is 0 Å². The lowest BCUT2D eigenvalue weighted by atomic mass is 10.0. The smallest absolute Gasteiger partial charge is 0.275 e. The van der Waals surface area contributed by atoms with E-state index in [4.69, 9.17) is 0 Å². The van der Waals surface area contributed by atoms with Crippen molar-refractivity contribution >= 4 is 16.4 Å². The molecule has 0 saturated heterocycles. The Bertz CT molecular complexity index is 1110. The Morgan fingerprint density at radius 1 is 1.20 bits per heavy atom. The highest BCUT2D eigenvalue weighted by atomic mass is 16.1. The van der Waals surface area contributed by atoms with Gasteiger partial charge in [0.2, 0.25) is 0 Å². The monoisotopic (exact) mass is 335 g/mol. The Morgan fingerprint density at radius 3 is 2.72 bits per heavy atom. The number of rotatable bonds is 3. The van der Waals surface area contributed by atoms with Gasteiger partial charge in [0.15, 0.2) is 5.82 Å². The third kappa shape index (κ3) is 2.45. The highest BCUT2D eigenvalue weighted by Crippen LogP contribution is 2.25. The summed E-state index contributed by atoms with van der Waals surface area (Å²) in [6.07, 6.45) is 6.66. The Hall–Kier alpha value is -2.89. The molecule has 0 aliphatic heterocycles. The van der Waals surface area contributed by atoms with Crippen LogP contribution in [0.25, 0.3) is 22.2 Å². The average molecular weight is 335 g/mol. The molecule has 4 aromatic rings. The van der Waals surface area contributed by atoms with E-state index < -0.39 is 0 Å². The van der Waals surface area contributed by atoms with Crippen LogP contribution in [-0.2, 0) is 13.5 Å². The summed E-state index contributed by atoms with van der Waals surface area (Å²) in [7, 11) is 1.71. The molecule has 0 bridgehead atoms. The van der Waals surface area contributed by atoms with Gasteiger partial charge in [0.25, 0.3) is 5.56 Å². The van der Waals surface area contributed by atoms with E-state index in [0.29, 0.717) is 11.3 Å². The molecule has 0 N–H and O–H groups in total. The lowest BCUT2D eigenvalue weighted by Gasteiger charge is -2.08. The first kappa shape index (κ1) is 15.6. The van der Waals surface area contributed by atoms with Gasteiger partial charge in [-0.25, -0.2) is 9.67 Å². The largest absolute Gasteiger partial charge is 0.305 e. The second-order valence-electron chi connectivity index (χ2n) is 6.91. The van der Waals surface area contributed by atoms with Gasteiger partial charge >= 0.3 is 0 Å². The van der Waals surface area contributed by atoms with Crippen LogP contribution in [-0.4, -0.2) is 23.7 Å². The van der Waals surface area contributed by atoms with Crippen LogP contribution >= 0.6 is 0 Å². The molecule has 4 aromatic heterocycles.